The van der Waals surface area contributed by atoms with Gasteiger partial charge in [0.2, 0.25) is 0 Å². The van der Waals surface area contributed by atoms with Crippen molar-refractivity contribution in [3.63, 3.8) is 0 Å². The number of pyridine rings is 1. The number of carbonyl (C=O) groups is 2. The van der Waals surface area contributed by atoms with Gasteiger partial charge in [0.1, 0.15) is 0 Å². The smallest absolute Gasteiger partial charge is 0.308 e. The number of rotatable bonds is 2. The monoisotopic (exact) mass is 234 g/mol. The molecule has 2 heterocycles. The van der Waals surface area contributed by atoms with E-state index in [1.807, 2.05) is 0 Å². The summed E-state index contributed by atoms with van der Waals surface area (Å²) in [5.74, 6) is -1.41. The Balaban J connectivity index is 2.15. The maximum Gasteiger partial charge on any atom is 0.308 e. The van der Waals surface area contributed by atoms with Gasteiger partial charge in [-0.05, 0) is 25.5 Å². The van der Waals surface area contributed by atoms with E-state index in [-0.39, 0.29) is 11.9 Å². The highest BCUT2D eigenvalue weighted by molar-refractivity contribution is 5.94. The summed E-state index contributed by atoms with van der Waals surface area (Å²) in [7, 11) is 0. The summed E-state index contributed by atoms with van der Waals surface area (Å²) in [6.07, 6.45) is 3.64. The summed E-state index contributed by atoms with van der Waals surface area (Å²) in [5, 5.41) is 9.01. The SMILES string of the molecule is CC1C(C(=O)O)CCN1C(=O)c1ccncc1. The Morgan fingerprint density at radius 1 is 1.41 bits per heavy atom. The molecular formula is C12H14N2O3. The first-order valence-electron chi connectivity index (χ1n) is 5.55. The molecule has 5 heteroatoms. The Bertz CT molecular complexity index is 433. The van der Waals surface area contributed by atoms with Gasteiger partial charge in [0.05, 0.1) is 5.92 Å². The van der Waals surface area contributed by atoms with E-state index in [0.29, 0.717) is 18.5 Å². The zero-order valence-corrected chi connectivity index (χ0v) is 9.54. The number of carboxylic acids is 1. The van der Waals surface area contributed by atoms with Gasteiger partial charge in [-0.25, -0.2) is 0 Å². The number of amides is 1. The van der Waals surface area contributed by atoms with Crippen molar-refractivity contribution < 1.29 is 14.7 Å². The van der Waals surface area contributed by atoms with Crippen molar-refractivity contribution in [2.75, 3.05) is 6.54 Å². The average molecular weight is 234 g/mol. The predicted octanol–water partition coefficient (Wildman–Crippen LogP) is 1.02. The highest BCUT2D eigenvalue weighted by atomic mass is 16.4. The highest BCUT2D eigenvalue weighted by Crippen LogP contribution is 2.25. The number of hydrogen-bond donors (Lipinski definition) is 1. The molecule has 1 amide bonds. The van der Waals surface area contributed by atoms with Crippen LogP contribution in [0.5, 0.6) is 0 Å². The molecule has 0 bridgehead atoms. The lowest BCUT2D eigenvalue weighted by Crippen LogP contribution is -2.37. The summed E-state index contributed by atoms with van der Waals surface area (Å²) in [6, 6.07) is 3.03. The van der Waals surface area contributed by atoms with E-state index in [0.717, 1.165) is 0 Å². The van der Waals surface area contributed by atoms with E-state index in [9.17, 15) is 9.59 Å². The van der Waals surface area contributed by atoms with Gasteiger partial charge in [0.25, 0.3) is 5.91 Å². The average Bonchev–Trinajstić information content (AvgIpc) is 2.71. The molecule has 1 aliphatic rings. The van der Waals surface area contributed by atoms with Gasteiger partial charge in [0, 0.05) is 30.5 Å². The standard InChI is InChI=1S/C12H14N2O3/c1-8-10(12(16)17)4-7-14(8)11(15)9-2-5-13-6-3-9/h2-3,5-6,8,10H,4,7H2,1H3,(H,16,17). The minimum absolute atomic E-state index is 0.122. The van der Waals surface area contributed by atoms with E-state index in [4.69, 9.17) is 5.11 Å². The number of aliphatic carboxylic acids is 1. The van der Waals surface area contributed by atoms with E-state index in [1.54, 1.807) is 36.4 Å². The molecule has 1 fully saturated rings. The molecule has 2 unspecified atom stereocenters. The van der Waals surface area contributed by atoms with Gasteiger partial charge in [-0.15, -0.1) is 0 Å². The Morgan fingerprint density at radius 3 is 2.59 bits per heavy atom. The minimum atomic E-state index is -0.831. The molecule has 0 radical (unpaired) electrons. The Labute approximate surface area is 99.1 Å². The number of carbonyl (C=O) groups excluding carboxylic acids is 1. The van der Waals surface area contributed by atoms with E-state index in [1.165, 1.54) is 0 Å². The zero-order valence-electron chi connectivity index (χ0n) is 9.54. The highest BCUT2D eigenvalue weighted by Gasteiger charge is 2.38. The number of aromatic nitrogens is 1. The molecule has 17 heavy (non-hydrogen) atoms. The van der Waals surface area contributed by atoms with Gasteiger partial charge in [-0.2, -0.15) is 0 Å². The second-order valence-corrected chi connectivity index (χ2v) is 4.21. The van der Waals surface area contributed by atoms with Crippen molar-refractivity contribution in [1.82, 2.24) is 9.88 Å². The van der Waals surface area contributed by atoms with Crippen LogP contribution in [0, 0.1) is 5.92 Å². The lowest BCUT2D eigenvalue weighted by atomic mass is 10.0. The molecule has 5 nitrogen and oxygen atoms in total. The number of likely N-dealkylation sites (tertiary alicyclic amines) is 1. The fraction of sp³-hybridized carbons (Fsp3) is 0.417. The molecule has 90 valence electrons. The normalized spacial score (nSPS) is 23.7. The second kappa shape index (κ2) is 4.53. The van der Waals surface area contributed by atoms with E-state index >= 15 is 0 Å². The second-order valence-electron chi connectivity index (χ2n) is 4.21. The van der Waals surface area contributed by atoms with Crippen molar-refractivity contribution >= 4 is 11.9 Å². The number of nitrogens with zero attached hydrogens (tertiary/aromatic N) is 2. The first-order valence-corrected chi connectivity index (χ1v) is 5.55. The zero-order chi connectivity index (χ0) is 12.4. The first kappa shape index (κ1) is 11.6. The van der Waals surface area contributed by atoms with Crippen LogP contribution >= 0.6 is 0 Å². The van der Waals surface area contributed by atoms with Crippen LogP contribution in [0.15, 0.2) is 24.5 Å². The summed E-state index contributed by atoms with van der Waals surface area (Å²) < 4.78 is 0. The van der Waals surface area contributed by atoms with Crippen molar-refractivity contribution in [3.8, 4) is 0 Å². The molecule has 0 saturated carbocycles. The van der Waals surface area contributed by atoms with Crippen molar-refractivity contribution in [3.05, 3.63) is 30.1 Å². The van der Waals surface area contributed by atoms with Crippen LogP contribution in [0.2, 0.25) is 0 Å². The van der Waals surface area contributed by atoms with Gasteiger partial charge in [-0.1, -0.05) is 0 Å². The number of carboxylic acid groups (broad SMARTS) is 1. The lowest BCUT2D eigenvalue weighted by molar-refractivity contribution is -0.142. The summed E-state index contributed by atoms with van der Waals surface area (Å²) >= 11 is 0. The molecule has 2 atom stereocenters. The number of hydrogen-bond acceptors (Lipinski definition) is 3. The summed E-state index contributed by atoms with van der Waals surface area (Å²) in [5.41, 5.74) is 0.554. The quantitative estimate of drug-likeness (QED) is 0.829. The lowest BCUT2D eigenvalue weighted by Gasteiger charge is -2.23. The fourth-order valence-electron chi connectivity index (χ4n) is 2.22. The first-order chi connectivity index (χ1) is 8.11. The van der Waals surface area contributed by atoms with Crippen LogP contribution in [-0.2, 0) is 4.79 Å². The largest absolute Gasteiger partial charge is 0.481 e. The van der Waals surface area contributed by atoms with Gasteiger partial charge in [0.15, 0.2) is 0 Å². The van der Waals surface area contributed by atoms with Crippen LogP contribution in [0.25, 0.3) is 0 Å². The predicted molar refractivity (Wildman–Crippen MR) is 60.5 cm³/mol. The maximum absolute atomic E-state index is 12.1. The van der Waals surface area contributed by atoms with Gasteiger partial charge < -0.3 is 10.0 Å². The van der Waals surface area contributed by atoms with Crippen LogP contribution < -0.4 is 0 Å². The van der Waals surface area contributed by atoms with E-state index in [2.05, 4.69) is 4.98 Å². The van der Waals surface area contributed by atoms with Crippen molar-refractivity contribution in [2.45, 2.75) is 19.4 Å². The minimum Gasteiger partial charge on any atom is -0.481 e. The molecule has 1 saturated heterocycles. The van der Waals surface area contributed by atoms with Gasteiger partial charge in [-0.3, -0.25) is 14.6 Å². The van der Waals surface area contributed by atoms with Crippen LogP contribution in [0.4, 0.5) is 0 Å². The topological polar surface area (TPSA) is 70.5 Å². The molecule has 1 aromatic heterocycles. The molecule has 1 aliphatic heterocycles. The maximum atomic E-state index is 12.1. The van der Waals surface area contributed by atoms with Crippen molar-refractivity contribution in [2.24, 2.45) is 5.92 Å². The third-order valence-corrected chi connectivity index (χ3v) is 3.26. The molecular weight excluding hydrogens is 220 g/mol. The van der Waals surface area contributed by atoms with Crippen LogP contribution in [-0.4, -0.2) is 39.5 Å². The van der Waals surface area contributed by atoms with Crippen LogP contribution in [0.1, 0.15) is 23.7 Å². The van der Waals surface area contributed by atoms with Gasteiger partial charge >= 0.3 is 5.97 Å². The third-order valence-electron chi connectivity index (χ3n) is 3.26. The summed E-state index contributed by atoms with van der Waals surface area (Å²) in [4.78, 5) is 28.6. The van der Waals surface area contributed by atoms with Crippen molar-refractivity contribution in [1.29, 1.82) is 0 Å². The molecule has 0 spiro atoms. The Kier molecular flexibility index (Phi) is 3.08. The molecule has 0 aromatic carbocycles. The Morgan fingerprint density at radius 2 is 2.06 bits per heavy atom. The Hall–Kier alpha value is -1.91. The van der Waals surface area contributed by atoms with Crippen LogP contribution in [0.3, 0.4) is 0 Å². The van der Waals surface area contributed by atoms with E-state index < -0.39 is 11.9 Å². The molecule has 0 aliphatic carbocycles. The molecule has 2 rings (SSSR count). The molecule has 1 aromatic rings. The molecule has 1 N–H and O–H groups in total. The fourth-order valence-corrected chi connectivity index (χ4v) is 2.22. The summed E-state index contributed by atoms with van der Waals surface area (Å²) in [6.45, 7) is 2.28. The third kappa shape index (κ3) is 2.13.